The number of nitrogens with zero attached hydrogens (tertiary/aromatic N) is 4. The third kappa shape index (κ3) is 2.63. The van der Waals surface area contributed by atoms with Crippen LogP contribution in [-0.4, -0.2) is 31.5 Å². The van der Waals surface area contributed by atoms with Crippen molar-refractivity contribution in [3.8, 4) is 0 Å². The second-order valence-corrected chi connectivity index (χ2v) is 4.32. The minimum absolute atomic E-state index is 0.184. The van der Waals surface area contributed by atoms with Crippen LogP contribution in [0.25, 0.3) is 11.2 Å². The number of rotatable bonds is 4. The number of halogens is 1. The van der Waals surface area contributed by atoms with E-state index in [4.69, 9.17) is 11.6 Å². The van der Waals surface area contributed by atoms with E-state index in [2.05, 4.69) is 30.2 Å². The second kappa shape index (κ2) is 5.19. The van der Waals surface area contributed by atoms with Crippen molar-refractivity contribution in [2.75, 3.05) is 11.9 Å². The first-order valence-electron chi connectivity index (χ1n) is 5.82. The van der Waals surface area contributed by atoms with Crippen LogP contribution in [0.2, 0.25) is 5.28 Å². The van der Waals surface area contributed by atoms with Gasteiger partial charge in [0, 0.05) is 18.9 Å². The first kappa shape index (κ1) is 11.9. The average Bonchev–Trinajstić information content (AvgIpc) is 2.88. The van der Waals surface area contributed by atoms with E-state index in [1.165, 1.54) is 0 Å². The molecule has 96 valence electrons. The molecule has 3 heterocycles. The monoisotopic (exact) mass is 274 g/mol. The molecule has 0 unspecified atom stereocenters. The highest BCUT2D eigenvalue weighted by Crippen LogP contribution is 2.18. The van der Waals surface area contributed by atoms with Crippen molar-refractivity contribution in [3.05, 3.63) is 41.7 Å². The normalized spacial score (nSPS) is 10.8. The quantitative estimate of drug-likeness (QED) is 0.712. The Hall–Kier alpha value is -2.21. The van der Waals surface area contributed by atoms with E-state index in [1.807, 2.05) is 18.3 Å². The van der Waals surface area contributed by atoms with Crippen LogP contribution in [0.15, 0.2) is 30.9 Å². The van der Waals surface area contributed by atoms with Crippen molar-refractivity contribution < 1.29 is 0 Å². The standard InChI is InChI=1S/C12H11ClN6/c13-12-18-10(9-11(19-12)17-7-16-9)15-5-3-8-2-1-4-14-6-8/h1-2,4,6-7H,3,5H2,(H2,15,16,17,18,19). The largest absolute Gasteiger partial charge is 0.368 e. The molecule has 6 nitrogen and oxygen atoms in total. The van der Waals surface area contributed by atoms with Crippen molar-refractivity contribution in [3.63, 3.8) is 0 Å². The Morgan fingerprint density at radius 2 is 2.26 bits per heavy atom. The van der Waals surface area contributed by atoms with E-state index < -0.39 is 0 Å². The SMILES string of the molecule is Clc1nc(NCCc2cccnc2)c2[nH]cnc2n1. The van der Waals surface area contributed by atoms with Crippen molar-refractivity contribution in [1.29, 1.82) is 0 Å². The van der Waals surface area contributed by atoms with Crippen molar-refractivity contribution in [2.24, 2.45) is 0 Å². The number of anilines is 1. The summed E-state index contributed by atoms with van der Waals surface area (Å²) < 4.78 is 0. The van der Waals surface area contributed by atoms with Crippen molar-refractivity contribution >= 4 is 28.6 Å². The van der Waals surface area contributed by atoms with Crippen LogP contribution in [0, 0.1) is 0 Å². The molecule has 0 saturated heterocycles. The number of hydrogen-bond acceptors (Lipinski definition) is 5. The number of aromatic nitrogens is 5. The van der Waals surface area contributed by atoms with E-state index in [0.717, 1.165) is 24.0 Å². The predicted octanol–water partition coefficient (Wildman–Crippen LogP) is 2.06. The first-order chi connectivity index (χ1) is 9.33. The van der Waals surface area contributed by atoms with Crippen molar-refractivity contribution in [1.82, 2.24) is 24.9 Å². The maximum Gasteiger partial charge on any atom is 0.226 e. The molecule has 0 aliphatic rings. The van der Waals surface area contributed by atoms with Gasteiger partial charge in [0.2, 0.25) is 5.28 Å². The van der Waals surface area contributed by atoms with Crippen LogP contribution in [0.1, 0.15) is 5.56 Å². The summed E-state index contributed by atoms with van der Waals surface area (Å²) in [7, 11) is 0. The number of hydrogen-bond donors (Lipinski definition) is 2. The van der Waals surface area contributed by atoms with Gasteiger partial charge in [0.05, 0.1) is 6.33 Å². The van der Waals surface area contributed by atoms with Gasteiger partial charge in [-0.25, -0.2) is 4.98 Å². The topological polar surface area (TPSA) is 79.4 Å². The maximum atomic E-state index is 5.85. The van der Waals surface area contributed by atoms with E-state index in [0.29, 0.717) is 11.5 Å². The summed E-state index contributed by atoms with van der Waals surface area (Å²) in [5.74, 6) is 0.663. The first-order valence-corrected chi connectivity index (χ1v) is 6.20. The molecule has 0 atom stereocenters. The molecule has 19 heavy (non-hydrogen) atoms. The Morgan fingerprint density at radius 1 is 1.32 bits per heavy atom. The zero-order valence-corrected chi connectivity index (χ0v) is 10.7. The Kier molecular flexibility index (Phi) is 3.24. The Morgan fingerprint density at radius 3 is 3.11 bits per heavy atom. The number of imidazole rings is 1. The summed E-state index contributed by atoms with van der Waals surface area (Å²) in [6.45, 7) is 0.729. The highest BCUT2D eigenvalue weighted by Gasteiger charge is 2.08. The number of fused-ring (bicyclic) bond motifs is 1. The molecular weight excluding hydrogens is 264 g/mol. The van der Waals surface area contributed by atoms with Crippen LogP contribution < -0.4 is 5.32 Å². The lowest BCUT2D eigenvalue weighted by molar-refractivity contribution is 0.992. The predicted molar refractivity (Wildman–Crippen MR) is 73.1 cm³/mol. The zero-order valence-electron chi connectivity index (χ0n) is 9.97. The lowest BCUT2D eigenvalue weighted by atomic mass is 10.2. The molecule has 2 N–H and O–H groups in total. The third-order valence-electron chi connectivity index (χ3n) is 2.69. The zero-order chi connectivity index (χ0) is 13.1. The third-order valence-corrected chi connectivity index (χ3v) is 2.86. The lowest BCUT2D eigenvalue weighted by Crippen LogP contribution is -2.07. The summed E-state index contributed by atoms with van der Waals surface area (Å²) in [5, 5.41) is 3.41. The van der Waals surface area contributed by atoms with Gasteiger partial charge in [0.1, 0.15) is 5.52 Å². The van der Waals surface area contributed by atoms with Gasteiger partial charge in [-0.3, -0.25) is 4.98 Å². The van der Waals surface area contributed by atoms with Crippen LogP contribution in [-0.2, 0) is 6.42 Å². The molecule has 0 saturated carbocycles. The van der Waals surface area contributed by atoms with Crippen LogP contribution >= 0.6 is 11.6 Å². The lowest BCUT2D eigenvalue weighted by Gasteiger charge is -2.06. The van der Waals surface area contributed by atoms with E-state index in [9.17, 15) is 0 Å². The summed E-state index contributed by atoms with van der Waals surface area (Å²) in [6.07, 6.45) is 6.03. The highest BCUT2D eigenvalue weighted by molar-refractivity contribution is 6.28. The number of pyridine rings is 1. The van der Waals surface area contributed by atoms with E-state index >= 15 is 0 Å². The molecule has 3 aromatic rings. The van der Waals surface area contributed by atoms with Gasteiger partial charge < -0.3 is 10.3 Å². The second-order valence-electron chi connectivity index (χ2n) is 3.98. The van der Waals surface area contributed by atoms with E-state index in [-0.39, 0.29) is 5.28 Å². The summed E-state index contributed by atoms with van der Waals surface area (Å²) in [4.78, 5) is 19.3. The molecule has 0 spiro atoms. The number of H-pyrrole nitrogens is 1. The van der Waals surface area contributed by atoms with Gasteiger partial charge in [0.15, 0.2) is 11.5 Å². The van der Waals surface area contributed by atoms with Crippen molar-refractivity contribution in [2.45, 2.75) is 6.42 Å². The van der Waals surface area contributed by atoms with Gasteiger partial charge in [0.25, 0.3) is 0 Å². The van der Waals surface area contributed by atoms with Crippen LogP contribution in [0.5, 0.6) is 0 Å². The molecule has 7 heteroatoms. The molecule has 0 radical (unpaired) electrons. The molecule has 0 aromatic carbocycles. The summed E-state index contributed by atoms with van der Waals surface area (Å²) in [6, 6.07) is 3.96. The minimum atomic E-state index is 0.184. The molecule has 0 amide bonds. The number of aromatic amines is 1. The number of nitrogens with one attached hydrogen (secondary N) is 2. The van der Waals surface area contributed by atoms with Crippen LogP contribution in [0.3, 0.4) is 0 Å². The average molecular weight is 275 g/mol. The molecule has 0 aliphatic carbocycles. The fourth-order valence-corrected chi connectivity index (χ4v) is 1.97. The molecule has 0 bridgehead atoms. The van der Waals surface area contributed by atoms with Gasteiger partial charge in [-0.05, 0) is 29.7 Å². The fourth-order valence-electron chi connectivity index (χ4n) is 1.81. The Bertz CT molecular complexity index is 681. The fraction of sp³-hybridized carbons (Fsp3) is 0.167. The molecule has 0 aliphatic heterocycles. The Labute approximate surface area is 114 Å². The molecule has 3 rings (SSSR count). The smallest absolute Gasteiger partial charge is 0.226 e. The molecule has 3 aromatic heterocycles. The highest BCUT2D eigenvalue weighted by atomic mass is 35.5. The maximum absolute atomic E-state index is 5.85. The minimum Gasteiger partial charge on any atom is -0.368 e. The van der Waals surface area contributed by atoms with Crippen LogP contribution in [0.4, 0.5) is 5.82 Å². The summed E-state index contributed by atoms with van der Waals surface area (Å²) >= 11 is 5.85. The van der Waals surface area contributed by atoms with E-state index in [1.54, 1.807) is 12.5 Å². The van der Waals surface area contributed by atoms with Gasteiger partial charge >= 0.3 is 0 Å². The molecular formula is C12H11ClN6. The van der Waals surface area contributed by atoms with Gasteiger partial charge in [-0.2, -0.15) is 9.97 Å². The summed E-state index contributed by atoms with van der Waals surface area (Å²) in [5.41, 5.74) is 2.48. The van der Waals surface area contributed by atoms with Gasteiger partial charge in [-0.1, -0.05) is 6.07 Å². The Balaban J connectivity index is 1.73. The molecule has 0 fully saturated rings. The van der Waals surface area contributed by atoms with Gasteiger partial charge in [-0.15, -0.1) is 0 Å².